The third-order valence-electron chi connectivity index (χ3n) is 5.81. The summed E-state index contributed by atoms with van der Waals surface area (Å²) in [6.07, 6.45) is -2.74. The third-order valence-corrected chi connectivity index (χ3v) is 6.19. The molecule has 1 aromatic heterocycles. The molecule has 4 rings (SSSR count). The van der Waals surface area contributed by atoms with Gasteiger partial charge in [0.2, 0.25) is 0 Å². The van der Waals surface area contributed by atoms with Gasteiger partial charge in [-0.15, -0.1) is 0 Å². The molecule has 1 atom stereocenters. The van der Waals surface area contributed by atoms with Gasteiger partial charge in [-0.05, 0) is 34.9 Å². The van der Waals surface area contributed by atoms with Crippen LogP contribution in [0.1, 0.15) is 29.8 Å². The summed E-state index contributed by atoms with van der Waals surface area (Å²) in [7, 11) is -2.52. The molecule has 0 bridgehead atoms. The Morgan fingerprint density at radius 3 is 2.35 bits per heavy atom. The van der Waals surface area contributed by atoms with E-state index in [0.29, 0.717) is 12.2 Å². The third kappa shape index (κ3) is 7.17. The molecule has 0 saturated carbocycles. The fourth-order valence-corrected chi connectivity index (χ4v) is 4.20. The lowest BCUT2D eigenvalue weighted by Gasteiger charge is -2.15. The smallest absolute Gasteiger partial charge is 0.417 e. The van der Waals surface area contributed by atoms with Crippen LogP contribution in [-0.4, -0.2) is 33.0 Å². The lowest BCUT2D eigenvalue weighted by molar-refractivity contribution is -0.137. The second-order valence-corrected chi connectivity index (χ2v) is 9.26. The zero-order valence-corrected chi connectivity index (χ0v) is 20.8. The maximum Gasteiger partial charge on any atom is 0.417 e. The molecule has 37 heavy (non-hydrogen) atoms. The van der Waals surface area contributed by atoms with E-state index in [1.165, 1.54) is 18.3 Å². The molecule has 0 amide bonds. The van der Waals surface area contributed by atoms with Crippen molar-refractivity contribution < 1.29 is 32.2 Å². The Kier molecular flexibility index (Phi) is 8.61. The Morgan fingerprint density at radius 1 is 0.973 bits per heavy atom. The van der Waals surface area contributed by atoms with E-state index in [2.05, 4.69) is 9.97 Å². The van der Waals surface area contributed by atoms with Gasteiger partial charge in [-0.2, -0.15) is 13.2 Å². The Balaban J connectivity index is 1.43. The summed E-state index contributed by atoms with van der Waals surface area (Å²) in [5.74, 6) is 0.119. The van der Waals surface area contributed by atoms with Gasteiger partial charge in [-0.25, -0.2) is 4.98 Å². The number of aromatic nitrogens is 2. The summed E-state index contributed by atoms with van der Waals surface area (Å²) in [4.78, 5) is 24.8. The van der Waals surface area contributed by atoms with Crippen molar-refractivity contribution in [2.75, 3.05) is 13.2 Å². The Hall–Kier alpha value is -3.23. The van der Waals surface area contributed by atoms with Crippen LogP contribution in [0.3, 0.4) is 0 Å². The minimum absolute atomic E-state index is 0.0421. The number of aromatic amines is 1. The predicted molar refractivity (Wildman–Crippen MR) is 136 cm³/mol. The number of halogens is 3. The lowest BCUT2D eigenvalue weighted by Crippen LogP contribution is -2.09. The highest BCUT2D eigenvalue weighted by Crippen LogP contribution is 2.39. The van der Waals surface area contributed by atoms with E-state index in [0.717, 1.165) is 22.8 Å². The average molecular weight is 530 g/mol. The molecule has 194 valence electrons. The van der Waals surface area contributed by atoms with Crippen LogP contribution >= 0.6 is 8.60 Å². The van der Waals surface area contributed by atoms with Crippen molar-refractivity contribution in [3.8, 4) is 28.1 Å². The average Bonchev–Trinajstić information content (AvgIpc) is 3.38. The van der Waals surface area contributed by atoms with E-state index in [4.69, 9.17) is 19.0 Å². The first-order valence-electron chi connectivity index (χ1n) is 11.5. The maximum atomic E-state index is 13.9. The standard InChI is InChI=1S/C27H26F3N2O4P/c1-18(17-36-37(33)34)26-31-16-25(32-26)23-12-11-22(15-24(23)27(28,29)30)35-14-13-19-7-9-21(10-8-19)20-5-3-2-4-6-20/h2-12,15-16,18,33-34H,13-14,17H2,1H3,(H,31,32). The number of nitrogens with zero attached hydrogens (tertiary/aromatic N) is 1. The molecule has 0 spiro atoms. The van der Waals surface area contributed by atoms with Gasteiger partial charge in [0.15, 0.2) is 0 Å². The van der Waals surface area contributed by atoms with Crippen molar-refractivity contribution in [3.05, 3.63) is 95.9 Å². The summed E-state index contributed by atoms with van der Waals surface area (Å²) < 4.78 is 52.1. The van der Waals surface area contributed by atoms with Crippen LogP contribution in [0.5, 0.6) is 5.75 Å². The van der Waals surface area contributed by atoms with Gasteiger partial charge >= 0.3 is 14.8 Å². The molecule has 0 saturated heterocycles. The fraction of sp³-hybridized carbons (Fsp3) is 0.222. The second kappa shape index (κ2) is 11.9. The zero-order chi connectivity index (χ0) is 26.4. The Labute approximate surface area is 213 Å². The monoisotopic (exact) mass is 530 g/mol. The summed E-state index contributed by atoms with van der Waals surface area (Å²) in [6, 6.07) is 21.8. The highest BCUT2D eigenvalue weighted by Gasteiger charge is 2.35. The van der Waals surface area contributed by atoms with Gasteiger partial charge in [0.05, 0.1) is 30.7 Å². The minimum Gasteiger partial charge on any atom is -0.493 e. The SMILES string of the molecule is CC(COP(O)O)c1ncc(-c2ccc(OCCc3ccc(-c4ccccc4)cc3)cc2C(F)(F)F)[nH]1. The molecule has 3 N–H and O–H groups in total. The van der Waals surface area contributed by atoms with E-state index in [1.807, 2.05) is 54.6 Å². The Morgan fingerprint density at radius 2 is 1.68 bits per heavy atom. The molecule has 0 aliphatic carbocycles. The molecular weight excluding hydrogens is 504 g/mol. The number of nitrogens with one attached hydrogen (secondary N) is 1. The first-order chi connectivity index (χ1) is 17.7. The molecule has 0 radical (unpaired) electrons. The van der Waals surface area contributed by atoms with Gasteiger partial charge in [0.1, 0.15) is 11.6 Å². The van der Waals surface area contributed by atoms with Crippen molar-refractivity contribution in [2.45, 2.75) is 25.4 Å². The molecule has 0 aliphatic heterocycles. The van der Waals surface area contributed by atoms with Gasteiger partial charge < -0.3 is 24.0 Å². The summed E-state index contributed by atoms with van der Waals surface area (Å²) in [5.41, 5.74) is 2.51. The van der Waals surface area contributed by atoms with Crippen molar-refractivity contribution >= 4 is 8.60 Å². The van der Waals surface area contributed by atoms with E-state index in [1.54, 1.807) is 6.92 Å². The first kappa shape index (κ1) is 26.8. The Bertz CT molecular complexity index is 1300. The summed E-state index contributed by atoms with van der Waals surface area (Å²) in [6.45, 7) is 1.89. The maximum absolute atomic E-state index is 13.9. The van der Waals surface area contributed by atoms with Gasteiger partial charge in [-0.1, -0.05) is 61.5 Å². The van der Waals surface area contributed by atoms with Gasteiger partial charge in [0, 0.05) is 17.9 Å². The van der Waals surface area contributed by atoms with Gasteiger partial charge in [-0.3, -0.25) is 0 Å². The molecule has 6 nitrogen and oxygen atoms in total. The number of imidazole rings is 1. The normalized spacial score (nSPS) is 12.6. The van der Waals surface area contributed by atoms with Crippen LogP contribution in [0.4, 0.5) is 13.2 Å². The van der Waals surface area contributed by atoms with E-state index >= 15 is 0 Å². The minimum atomic E-state index is -4.61. The second-order valence-electron chi connectivity index (χ2n) is 8.50. The number of H-pyrrole nitrogens is 1. The quantitative estimate of drug-likeness (QED) is 0.198. The van der Waals surface area contributed by atoms with Crippen LogP contribution in [-0.2, 0) is 17.1 Å². The first-order valence-corrected chi connectivity index (χ1v) is 12.7. The van der Waals surface area contributed by atoms with E-state index in [9.17, 15) is 13.2 Å². The summed E-state index contributed by atoms with van der Waals surface area (Å²) >= 11 is 0. The van der Waals surface area contributed by atoms with Crippen molar-refractivity contribution in [3.63, 3.8) is 0 Å². The molecule has 0 fully saturated rings. The molecule has 4 aromatic rings. The number of ether oxygens (including phenoxy) is 1. The lowest BCUT2D eigenvalue weighted by atomic mass is 10.0. The van der Waals surface area contributed by atoms with Crippen molar-refractivity contribution in [1.82, 2.24) is 9.97 Å². The van der Waals surface area contributed by atoms with E-state index < -0.39 is 20.3 Å². The molecule has 1 unspecified atom stereocenters. The molecule has 10 heteroatoms. The fourth-order valence-electron chi connectivity index (χ4n) is 3.85. The largest absolute Gasteiger partial charge is 0.493 e. The predicted octanol–water partition coefficient (Wildman–Crippen LogP) is 6.72. The van der Waals surface area contributed by atoms with Crippen LogP contribution in [0, 0.1) is 0 Å². The highest BCUT2D eigenvalue weighted by atomic mass is 31.2. The zero-order valence-electron chi connectivity index (χ0n) is 19.9. The number of benzene rings is 3. The number of hydrogen-bond acceptors (Lipinski definition) is 5. The van der Waals surface area contributed by atoms with Crippen molar-refractivity contribution in [2.24, 2.45) is 0 Å². The number of hydrogen-bond donors (Lipinski definition) is 3. The van der Waals surface area contributed by atoms with Crippen LogP contribution in [0.2, 0.25) is 0 Å². The van der Waals surface area contributed by atoms with Crippen molar-refractivity contribution in [1.29, 1.82) is 0 Å². The van der Waals surface area contributed by atoms with Crippen LogP contribution < -0.4 is 4.74 Å². The number of alkyl halides is 3. The van der Waals surface area contributed by atoms with Crippen LogP contribution in [0.25, 0.3) is 22.4 Å². The molecule has 1 heterocycles. The van der Waals surface area contributed by atoms with Gasteiger partial charge in [0.25, 0.3) is 0 Å². The highest BCUT2D eigenvalue weighted by molar-refractivity contribution is 7.39. The molecule has 0 aliphatic rings. The summed E-state index contributed by atoms with van der Waals surface area (Å²) in [5, 5.41) is 0. The number of rotatable bonds is 10. The molecule has 3 aromatic carbocycles. The van der Waals surface area contributed by atoms with E-state index in [-0.39, 0.29) is 36.1 Å². The topological polar surface area (TPSA) is 87.6 Å². The molecular formula is C27H26F3N2O4P. The van der Waals surface area contributed by atoms with Crippen LogP contribution in [0.15, 0.2) is 79.0 Å².